The van der Waals surface area contributed by atoms with Crippen molar-refractivity contribution in [3.05, 3.63) is 46.1 Å². The summed E-state index contributed by atoms with van der Waals surface area (Å²) in [6.45, 7) is 2.33. The summed E-state index contributed by atoms with van der Waals surface area (Å²) in [5.41, 5.74) is 2.12. The molecule has 0 amide bonds. The largest absolute Gasteiger partial charge is 0.497 e. The van der Waals surface area contributed by atoms with Crippen molar-refractivity contribution >= 4 is 39.1 Å². The molecule has 4 nitrogen and oxygen atoms in total. The van der Waals surface area contributed by atoms with Crippen LogP contribution in [-0.2, 0) is 12.8 Å². The van der Waals surface area contributed by atoms with E-state index in [1.807, 2.05) is 35.6 Å². The van der Waals surface area contributed by atoms with Crippen molar-refractivity contribution in [3.63, 3.8) is 0 Å². The molecule has 1 atom stereocenters. The molecule has 150 valence electrons. The van der Waals surface area contributed by atoms with Gasteiger partial charge in [0.2, 0.25) is 0 Å². The molecule has 0 spiro atoms. The van der Waals surface area contributed by atoms with Crippen LogP contribution in [0, 0.1) is 5.92 Å². The summed E-state index contributed by atoms with van der Waals surface area (Å²) in [4.78, 5) is 25.3. The molecule has 0 radical (unpaired) electrons. The molecule has 1 fully saturated rings. The van der Waals surface area contributed by atoms with Gasteiger partial charge in [0.25, 0.3) is 0 Å². The van der Waals surface area contributed by atoms with Gasteiger partial charge in [-0.05, 0) is 55.7 Å². The number of ether oxygens (including phenoxy) is 1. The zero-order chi connectivity index (χ0) is 20.0. The third kappa shape index (κ3) is 3.80. The minimum atomic E-state index is 0.103. The Morgan fingerprint density at radius 1 is 1.28 bits per heavy atom. The fourth-order valence-electron chi connectivity index (χ4n) is 3.97. The Labute approximate surface area is 179 Å². The van der Waals surface area contributed by atoms with E-state index >= 15 is 0 Å². The molecule has 3 aromatic rings. The SMILES string of the molecule is COc1cccc(C(=O)CSc2nc(C3CC3)nc3sc4c(c23)CCC(C)C4)c1. The van der Waals surface area contributed by atoms with Crippen molar-refractivity contribution in [1.29, 1.82) is 0 Å². The van der Waals surface area contributed by atoms with Crippen LogP contribution < -0.4 is 4.74 Å². The predicted molar refractivity (Wildman–Crippen MR) is 119 cm³/mol. The zero-order valence-electron chi connectivity index (χ0n) is 16.7. The third-order valence-electron chi connectivity index (χ3n) is 5.81. The molecule has 0 bridgehead atoms. The van der Waals surface area contributed by atoms with Gasteiger partial charge in [0.05, 0.1) is 12.9 Å². The maximum Gasteiger partial charge on any atom is 0.173 e. The minimum Gasteiger partial charge on any atom is -0.497 e. The first kappa shape index (κ1) is 19.1. The Kier molecular flexibility index (Phi) is 5.08. The first-order chi connectivity index (χ1) is 14.1. The molecule has 1 unspecified atom stereocenters. The topological polar surface area (TPSA) is 52.1 Å². The highest BCUT2D eigenvalue weighted by molar-refractivity contribution is 8.00. The van der Waals surface area contributed by atoms with Crippen LogP contribution >= 0.6 is 23.1 Å². The van der Waals surface area contributed by atoms with E-state index in [9.17, 15) is 4.79 Å². The molecule has 0 saturated heterocycles. The van der Waals surface area contributed by atoms with E-state index in [4.69, 9.17) is 14.7 Å². The van der Waals surface area contributed by atoms with E-state index in [2.05, 4.69) is 6.92 Å². The summed E-state index contributed by atoms with van der Waals surface area (Å²) < 4.78 is 5.26. The first-order valence-electron chi connectivity index (χ1n) is 10.2. The van der Waals surface area contributed by atoms with Gasteiger partial charge in [-0.15, -0.1) is 11.3 Å². The van der Waals surface area contributed by atoms with E-state index < -0.39 is 0 Å². The second-order valence-electron chi connectivity index (χ2n) is 8.14. The van der Waals surface area contributed by atoms with Crippen molar-refractivity contribution in [1.82, 2.24) is 9.97 Å². The number of thiophene rings is 1. The molecule has 1 saturated carbocycles. The summed E-state index contributed by atoms with van der Waals surface area (Å²) in [6, 6.07) is 7.38. The van der Waals surface area contributed by atoms with Gasteiger partial charge in [0, 0.05) is 21.7 Å². The smallest absolute Gasteiger partial charge is 0.173 e. The molecule has 2 heterocycles. The first-order valence-corrected chi connectivity index (χ1v) is 12.0. The molecule has 2 aliphatic carbocycles. The standard InChI is InChI=1S/C23H24N2O2S2/c1-13-6-9-17-19(10-13)29-23-20(17)22(24-21(25-23)14-7-8-14)28-12-18(26)15-4-3-5-16(11-15)27-2/h3-5,11,13-14H,6-10,12H2,1-2H3. The highest BCUT2D eigenvalue weighted by atomic mass is 32.2. The Balaban J connectivity index is 1.47. The number of carbonyl (C=O) groups is 1. The van der Waals surface area contributed by atoms with E-state index in [1.165, 1.54) is 35.1 Å². The zero-order valence-corrected chi connectivity index (χ0v) is 18.4. The van der Waals surface area contributed by atoms with E-state index in [0.717, 1.165) is 34.4 Å². The van der Waals surface area contributed by atoms with Crippen LogP contribution in [0.3, 0.4) is 0 Å². The van der Waals surface area contributed by atoms with Gasteiger partial charge in [-0.2, -0.15) is 0 Å². The highest BCUT2D eigenvalue weighted by Crippen LogP contribution is 2.44. The van der Waals surface area contributed by atoms with Crippen molar-refractivity contribution < 1.29 is 9.53 Å². The predicted octanol–water partition coefficient (Wildman–Crippen LogP) is 5.68. The van der Waals surface area contributed by atoms with Crippen molar-refractivity contribution in [2.24, 2.45) is 5.92 Å². The number of Topliss-reactive ketones (excluding diaryl/α,β-unsaturated/α-hetero) is 1. The Morgan fingerprint density at radius 3 is 2.93 bits per heavy atom. The molecule has 2 aromatic heterocycles. The van der Waals surface area contributed by atoms with Gasteiger partial charge in [-0.1, -0.05) is 30.8 Å². The van der Waals surface area contributed by atoms with Crippen LogP contribution in [-0.4, -0.2) is 28.6 Å². The van der Waals surface area contributed by atoms with Crippen LogP contribution in [0.1, 0.15) is 58.7 Å². The molecule has 6 heteroatoms. The van der Waals surface area contributed by atoms with Gasteiger partial charge in [-0.3, -0.25) is 4.79 Å². The fraction of sp³-hybridized carbons (Fsp3) is 0.435. The molecule has 0 N–H and O–H groups in total. The fourth-order valence-corrected chi connectivity index (χ4v) is 6.38. The average Bonchev–Trinajstić information content (AvgIpc) is 3.52. The second-order valence-corrected chi connectivity index (χ2v) is 10.2. The summed E-state index contributed by atoms with van der Waals surface area (Å²) in [5.74, 6) is 3.40. The molecular weight excluding hydrogens is 400 g/mol. The van der Waals surface area contributed by atoms with E-state index in [-0.39, 0.29) is 5.78 Å². The van der Waals surface area contributed by atoms with E-state index in [0.29, 0.717) is 23.0 Å². The average molecular weight is 425 g/mol. The maximum absolute atomic E-state index is 12.8. The number of aromatic nitrogens is 2. The van der Waals surface area contributed by atoms with Crippen molar-refractivity contribution in [2.45, 2.75) is 50.0 Å². The Morgan fingerprint density at radius 2 is 2.14 bits per heavy atom. The molecule has 5 rings (SSSR count). The van der Waals surface area contributed by atoms with Crippen molar-refractivity contribution in [2.75, 3.05) is 12.9 Å². The molecule has 1 aromatic carbocycles. The normalized spacial score (nSPS) is 18.6. The Bertz CT molecular complexity index is 1090. The lowest BCUT2D eigenvalue weighted by Crippen LogP contribution is -2.09. The summed E-state index contributed by atoms with van der Waals surface area (Å²) in [6.07, 6.45) is 5.82. The highest BCUT2D eigenvalue weighted by Gasteiger charge is 2.30. The molecule has 29 heavy (non-hydrogen) atoms. The van der Waals surface area contributed by atoms with Crippen LogP contribution in [0.25, 0.3) is 10.2 Å². The number of carbonyl (C=O) groups excluding carboxylic acids is 1. The number of fused-ring (bicyclic) bond motifs is 3. The summed E-state index contributed by atoms with van der Waals surface area (Å²) in [7, 11) is 1.62. The number of hydrogen-bond donors (Lipinski definition) is 0. The number of ketones is 1. The van der Waals surface area contributed by atoms with Crippen LogP contribution in [0.5, 0.6) is 5.75 Å². The second kappa shape index (κ2) is 7.73. The summed E-state index contributed by atoms with van der Waals surface area (Å²) in [5, 5.41) is 2.21. The Hall–Kier alpha value is -1.92. The molecule has 0 aliphatic heterocycles. The van der Waals surface area contributed by atoms with Crippen LogP contribution in [0.2, 0.25) is 0 Å². The molecule has 2 aliphatic rings. The number of methoxy groups -OCH3 is 1. The number of benzene rings is 1. The number of aryl methyl sites for hydroxylation is 1. The minimum absolute atomic E-state index is 0.103. The maximum atomic E-state index is 12.8. The van der Waals surface area contributed by atoms with Crippen molar-refractivity contribution in [3.8, 4) is 5.75 Å². The number of rotatable bonds is 6. The van der Waals surface area contributed by atoms with Crippen LogP contribution in [0.15, 0.2) is 29.3 Å². The quantitative estimate of drug-likeness (QED) is 0.290. The number of hydrogen-bond acceptors (Lipinski definition) is 6. The summed E-state index contributed by atoms with van der Waals surface area (Å²) >= 11 is 3.42. The van der Waals surface area contributed by atoms with E-state index in [1.54, 1.807) is 18.9 Å². The van der Waals surface area contributed by atoms with Gasteiger partial charge < -0.3 is 4.74 Å². The van der Waals surface area contributed by atoms with Gasteiger partial charge in [0.15, 0.2) is 5.78 Å². The molecular formula is C23H24N2O2S2. The van der Waals surface area contributed by atoms with Crippen LogP contribution in [0.4, 0.5) is 0 Å². The third-order valence-corrected chi connectivity index (χ3v) is 7.94. The lowest BCUT2D eigenvalue weighted by molar-refractivity contribution is 0.102. The monoisotopic (exact) mass is 424 g/mol. The van der Waals surface area contributed by atoms with Gasteiger partial charge in [0.1, 0.15) is 21.4 Å². The van der Waals surface area contributed by atoms with Gasteiger partial charge in [-0.25, -0.2) is 9.97 Å². The lowest BCUT2D eigenvalue weighted by Gasteiger charge is -2.18. The number of nitrogens with zero attached hydrogens (tertiary/aromatic N) is 2. The number of thioether (sulfide) groups is 1. The lowest BCUT2D eigenvalue weighted by atomic mass is 9.89. The van der Waals surface area contributed by atoms with Gasteiger partial charge >= 0.3 is 0 Å².